The molecule has 19 heavy (non-hydrogen) atoms. The Bertz CT molecular complexity index is 717. The Morgan fingerprint density at radius 2 is 2.05 bits per heavy atom. The van der Waals surface area contributed by atoms with E-state index in [2.05, 4.69) is 5.10 Å². The SMILES string of the molecule is Cn1ccc(CC(=O)c2cccc(S(C)(=O)=O)c2)n1. The number of sulfone groups is 1. The zero-order valence-corrected chi connectivity index (χ0v) is 11.5. The van der Waals surface area contributed by atoms with Crippen molar-refractivity contribution in [3.8, 4) is 0 Å². The molecule has 0 aliphatic heterocycles. The normalized spacial score (nSPS) is 11.5. The Hall–Kier alpha value is -1.95. The first-order valence-corrected chi connectivity index (χ1v) is 7.57. The molecule has 0 N–H and O–H groups in total. The van der Waals surface area contributed by atoms with E-state index >= 15 is 0 Å². The highest BCUT2D eigenvalue weighted by Gasteiger charge is 2.13. The van der Waals surface area contributed by atoms with Gasteiger partial charge in [0.05, 0.1) is 17.0 Å². The van der Waals surface area contributed by atoms with Gasteiger partial charge in [0.2, 0.25) is 0 Å². The standard InChI is InChI=1S/C13H14N2O3S/c1-15-7-6-11(14-15)9-13(16)10-4-3-5-12(8-10)19(2,17)18/h3-8H,9H2,1-2H3. The van der Waals surface area contributed by atoms with Crippen LogP contribution >= 0.6 is 0 Å². The third kappa shape index (κ3) is 3.29. The van der Waals surface area contributed by atoms with Crippen molar-refractivity contribution in [1.29, 1.82) is 0 Å². The Labute approximate surface area is 111 Å². The molecule has 1 aromatic heterocycles. The summed E-state index contributed by atoms with van der Waals surface area (Å²) in [7, 11) is -1.52. The van der Waals surface area contributed by atoms with Crippen LogP contribution in [0.15, 0.2) is 41.4 Å². The van der Waals surface area contributed by atoms with E-state index in [9.17, 15) is 13.2 Å². The molecule has 100 valence electrons. The summed E-state index contributed by atoms with van der Waals surface area (Å²) in [5, 5.41) is 4.12. The predicted molar refractivity (Wildman–Crippen MR) is 70.8 cm³/mol. The summed E-state index contributed by atoms with van der Waals surface area (Å²) < 4.78 is 24.5. The van der Waals surface area contributed by atoms with E-state index in [-0.39, 0.29) is 17.1 Å². The minimum Gasteiger partial charge on any atom is -0.294 e. The summed E-state index contributed by atoms with van der Waals surface area (Å²) in [6.07, 6.45) is 3.04. The lowest BCUT2D eigenvalue weighted by molar-refractivity contribution is 0.0991. The molecule has 0 amide bonds. The van der Waals surface area contributed by atoms with Crippen LogP contribution in [0.5, 0.6) is 0 Å². The van der Waals surface area contributed by atoms with Crippen molar-refractivity contribution in [2.75, 3.05) is 6.26 Å². The van der Waals surface area contributed by atoms with Gasteiger partial charge in [0.15, 0.2) is 15.6 Å². The molecule has 0 atom stereocenters. The molecule has 6 heteroatoms. The van der Waals surface area contributed by atoms with E-state index in [1.165, 1.54) is 12.1 Å². The number of aryl methyl sites for hydroxylation is 1. The fourth-order valence-corrected chi connectivity index (χ4v) is 2.39. The van der Waals surface area contributed by atoms with E-state index in [0.717, 1.165) is 6.26 Å². The maximum absolute atomic E-state index is 12.1. The van der Waals surface area contributed by atoms with Gasteiger partial charge in [-0.2, -0.15) is 5.10 Å². The number of ketones is 1. The van der Waals surface area contributed by atoms with Crippen molar-refractivity contribution in [3.63, 3.8) is 0 Å². The molecule has 0 unspecified atom stereocenters. The van der Waals surface area contributed by atoms with Crippen LogP contribution in [0.3, 0.4) is 0 Å². The van der Waals surface area contributed by atoms with Crippen LogP contribution in [0.1, 0.15) is 16.1 Å². The number of nitrogens with zero attached hydrogens (tertiary/aromatic N) is 2. The van der Waals surface area contributed by atoms with Gasteiger partial charge < -0.3 is 0 Å². The average molecular weight is 278 g/mol. The van der Waals surface area contributed by atoms with Crippen LogP contribution < -0.4 is 0 Å². The summed E-state index contributed by atoms with van der Waals surface area (Å²) in [6.45, 7) is 0. The first kappa shape index (κ1) is 13.5. The maximum Gasteiger partial charge on any atom is 0.175 e. The quantitative estimate of drug-likeness (QED) is 0.789. The van der Waals surface area contributed by atoms with Crippen LogP contribution in [0.4, 0.5) is 0 Å². The first-order chi connectivity index (χ1) is 8.86. The second-order valence-electron chi connectivity index (χ2n) is 4.38. The smallest absolute Gasteiger partial charge is 0.175 e. The zero-order chi connectivity index (χ0) is 14.0. The largest absolute Gasteiger partial charge is 0.294 e. The molecule has 0 aliphatic carbocycles. The molecule has 5 nitrogen and oxygen atoms in total. The summed E-state index contributed by atoms with van der Waals surface area (Å²) in [6, 6.07) is 7.83. The predicted octanol–water partition coefficient (Wildman–Crippen LogP) is 1.25. The van der Waals surface area contributed by atoms with E-state index in [4.69, 9.17) is 0 Å². The average Bonchev–Trinajstić information content (AvgIpc) is 2.74. The summed E-state index contributed by atoms with van der Waals surface area (Å²) in [4.78, 5) is 12.2. The molecule has 0 fully saturated rings. The molecular weight excluding hydrogens is 264 g/mol. The second kappa shape index (κ2) is 4.97. The fourth-order valence-electron chi connectivity index (χ4n) is 1.72. The van der Waals surface area contributed by atoms with Gasteiger partial charge in [-0.3, -0.25) is 9.48 Å². The lowest BCUT2D eigenvalue weighted by atomic mass is 10.1. The number of Topliss-reactive ketones (excluding diaryl/α,β-unsaturated/α-hetero) is 1. The van der Waals surface area contributed by atoms with Gasteiger partial charge in [-0.05, 0) is 18.2 Å². The molecular formula is C13H14N2O3S. The van der Waals surface area contributed by atoms with Gasteiger partial charge in [-0.15, -0.1) is 0 Å². The number of carbonyl (C=O) groups excluding carboxylic acids is 1. The number of aromatic nitrogens is 2. The number of carbonyl (C=O) groups is 1. The third-order valence-corrected chi connectivity index (χ3v) is 3.80. The molecule has 2 aromatic rings. The molecule has 0 bridgehead atoms. The minimum absolute atomic E-state index is 0.149. The summed E-state index contributed by atoms with van der Waals surface area (Å²) >= 11 is 0. The van der Waals surface area contributed by atoms with E-state index in [1.807, 2.05) is 0 Å². The monoisotopic (exact) mass is 278 g/mol. The number of hydrogen-bond donors (Lipinski definition) is 0. The minimum atomic E-state index is -3.30. The Balaban J connectivity index is 2.25. The Morgan fingerprint density at radius 3 is 2.63 bits per heavy atom. The highest BCUT2D eigenvalue weighted by molar-refractivity contribution is 7.90. The lowest BCUT2D eigenvalue weighted by Crippen LogP contribution is -2.06. The van der Waals surface area contributed by atoms with Crippen molar-refractivity contribution in [1.82, 2.24) is 9.78 Å². The summed E-state index contributed by atoms with van der Waals surface area (Å²) in [5.41, 5.74) is 1.05. The number of benzene rings is 1. The third-order valence-electron chi connectivity index (χ3n) is 2.69. The van der Waals surface area contributed by atoms with Crippen molar-refractivity contribution < 1.29 is 13.2 Å². The van der Waals surface area contributed by atoms with Crippen LogP contribution in [-0.4, -0.2) is 30.2 Å². The van der Waals surface area contributed by atoms with Gasteiger partial charge in [0, 0.05) is 25.1 Å². The van der Waals surface area contributed by atoms with Crippen molar-refractivity contribution in [2.45, 2.75) is 11.3 Å². The van der Waals surface area contributed by atoms with Crippen molar-refractivity contribution in [2.24, 2.45) is 7.05 Å². The summed E-state index contributed by atoms with van der Waals surface area (Å²) in [5.74, 6) is -0.149. The van der Waals surface area contributed by atoms with Gasteiger partial charge >= 0.3 is 0 Å². The van der Waals surface area contributed by atoms with Gasteiger partial charge in [-0.25, -0.2) is 8.42 Å². The van der Waals surface area contributed by atoms with Crippen molar-refractivity contribution >= 4 is 15.6 Å². The van der Waals surface area contributed by atoms with Crippen LogP contribution in [0.2, 0.25) is 0 Å². The first-order valence-electron chi connectivity index (χ1n) is 5.68. The molecule has 0 spiro atoms. The van der Waals surface area contributed by atoms with Crippen LogP contribution in [0.25, 0.3) is 0 Å². The molecule has 1 heterocycles. The Kier molecular flexibility index (Phi) is 3.53. The van der Waals surface area contributed by atoms with Gasteiger partial charge in [0.1, 0.15) is 0 Å². The highest BCUT2D eigenvalue weighted by Crippen LogP contribution is 2.13. The number of hydrogen-bond acceptors (Lipinski definition) is 4. The highest BCUT2D eigenvalue weighted by atomic mass is 32.2. The molecule has 1 aromatic carbocycles. The van der Waals surface area contributed by atoms with Crippen molar-refractivity contribution in [3.05, 3.63) is 47.8 Å². The van der Waals surface area contributed by atoms with Gasteiger partial charge in [0.25, 0.3) is 0 Å². The van der Waals surface area contributed by atoms with E-state index in [0.29, 0.717) is 11.3 Å². The lowest BCUT2D eigenvalue weighted by Gasteiger charge is -2.02. The fraction of sp³-hybridized carbons (Fsp3) is 0.231. The molecule has 2 rings (SSSR count). The van der Waals surface area contributed by atoms with Gasteiger partial charge in [-0.1, -0.05) is 12.1 Å². The van der Waals surface area contributed by atoms with Crippen LogP contribution in [-0.2, 0) is 23.3 Å². The Morgan fingerprint density at radius 1 is 1.32 bits per heavy atom. The van der Waals surface area contributed by atoms with E-state index < -0.39 is 9.84 Å². The van der Waals surface area contributed by atoms with Crippen LogP contribution in [0, 0.1) is 0 Å². The maximum atomic E-state index is 12.1. The molecule has 0 saturated heterocycles. The number of rotatable bonds is 4. The second-order valence-corrected chi connectivity index (χ2v) is 6.40. The zero-order valence-electron chi connectivity index (χ0n) is 10.7. The topological polar surface area (TPSA) is 69.0 Å². The van der Waals surface area contributed by atoms with E-state index in [1.54, 1.807) is 36.1 Å². The molecule has 0 radical (unpaired) electrons. The molecule has 0 saturated carbocycles. The molecule has 0 aliphatic rings.